The van der Waals surface area contributed by atoms with Gasteiger partial charge in [-0.1, -0.05) is 18.2 Å². The van der Waals surface area contributed by atoms with Gasteiger partial charge in [-0.05, 0) is 67.4 Å². The largest absolute Gasteiger partial charge is 0.444 e. The number of nitrogens with zero attached hydrogens (tertiary/aromatic N) is 3. The summed E-state index contributed by atoms with van der Waals surface area (Å²) in [6, 6.07) is 9.55. The van der Waals surface area contributed by atoms with Gasteiger partial charge in [-0.2, -0.15) is 0 Å². The summed E-state index contributed by atoms with van der Waals surface area (Å²) in [5.41, 5.74) is -0.213. The minimum Gasteiger partial charge on any atom is -0.444 e. The van der Waals surface area contributed by atoms with Crippen LogP contribution in [-0.4, -0.2) is 62.8 Å². The van der Waals surface area contributed by atoms with Crippen molar-refractivity contribution < 1.29 is 23.9 Å². The Morgan fingerprint density at radius 2 is 1.70 bits per heavy atom. The zero-order valence-corrected chi connectivity index (χ0v) is 20.0. The van der Waals surface area contributed by atoms with Gasteiger partial charge in [-0.25, -0.2) is 9.78 Å². The number of likely N-dealkylation sites (tertiary alicyclic amines) is 1. The molecule has 2 aliphatic rings. The SMILES string of the molecule is CC(C)(C)OC(=O)N1CCC(N2C(=O)c3ccccc3C2=O)C1C(=O)Nc1cccc(Br)n1. The lowest BCUT2D eigenvalue weighted by atomic mass is 10.1. The number of carbonyl (C=O) groups is 4. The van der Waals surface area contributed by atoms with Gasteiger partial charge in [0.15, 0.2) is 0 Å². The first-order chi connectivity index (χ1) is 15.6. The lowest BCUT2D eigenvalue weighted by molar-refractivity contribution is -0.121. The molecule has 1 aromatic heterocycles. The van der Waals surface area contributed by atoms with E-state index in [1.165, 1.54) is 4.90 Å². The molecule has 1 fully saturated rings. The standard InChI is InChI=1S/C23H23BrN4O5/c1-23(2,3)33-22(32)27-12-11-15(18(27)19(29)26-17-10-6-9-16(24)25-17)28-20(30)13-7-4-5-8-14(13)21(28)31/h4-10,15,18H,11-12H2,1-3H3,(H,25,26,29). The van der Waals surface area contributed by atoms with Crippen LogP contribution in [0, 0.1) is 0 Å². The summed E-state index contributed by atoms with van der Waals surface area (Å²) in [4.78, 5) is 59.1. The van der Waals surface area contributed by atoms with Crippen LogP contribution in [0.25, 0.3) is 0 Å². The molecule has 9 nitrogen and oxygen atoms in total. The molecular formula is C23H23BrN4O5. The molecule has 0 aliphatic carbocycles. The van der Waals surface area contributed by atoms with Crippen LogP contribution in [0.4, 0.5) is 10.6 Å². The number of pyridine rings is 1. The molecule has 10 heteroatoms. The van der Waals surface area contributed by atoms with E-state index >= 15 is 0 Å². The highest BCUT2D eigenvalue weighted by molar-refractivity contribution is 9.10. The molecule has 172 valence electrons. The number of hydrogen-bond donors (Lipinski definition) is 1. The summed E-state index contributed by atoms with van der Waals surface area (Å²) < 4.78 is 6.01. The maximum atomic E-state index is 13.4. The number of halogens is 1. The molecule has 1 aromatic carbocycles. The van der Waals surface area contributed by atoms with Crippen LogP contribution in [0.3, 0.4) is 0 Å². The van der Waals surface area contributed by atoms with Gasteiger partial charge in [0, 0.05) is 6.54 Å². The number of fused-ring (bicyclic) bond motifs is 1. The third-order valence-electron chi connectivity index (χ3n) is 5.39. The van der Waals surface area contributed by atoms with E-state index in [0.717, 1.165) is 4.90 Å². The van der Waals surface area contributed by atoms with Crippen molar-refractivity contribution in [3.8, 4) is 0 Å². The van der Waals surface area contributed by atoms with Crippen LogP contribution < -0.4 is 5.32 Å². The molecule has 0 spiro atoms. The highest BCUT2D eigenvalue weighted by Gasteiger charge is 2.51. The summed E-state index contributed by atoms with van der Waals surface area (Å²) in [6.07, 6.45) is -0.446. The molecule has 0 bridgehead atoms. The first-order valence-electron chi connectivity index (χ1n) is 10.5. The fraction of sp³-hybridized carbons (Fsp3) is 0.348. The Balaban J connectivity index is 1.67. The number of amides is 4. The molecule has 1 saturated heterocycles. The van der Waals surface area contributed by atoms with Crippen LogP contribution in [0.5, 0.6) is 0 Å². The number of imide groups is 1. The molecule has 3 heterocycles. The van der Waals surface area contributed by atoms with Crippen LogP contribution in [0.2, 0.25) is 0 Å². The monoisotopic (exact) mass is 514 g/mol. The maximum Gasteiger partial charge on any atom is 0.411 e. The third-order valence-corrected chi connectivity index (χ3v) is 5.83. The van der Waals surface area contributed by atoms with Gasteiger partial charge in [0.2, 0.25) is 0 Å². The third kappa shape index (κ3) is 4.47. The molecule has 33 heavy (non-hydrogen) atoms. The molecule has 2 aliphatic heterocycles. The van der Waals surface area contributed by atoms with Crippen molar-refractivity contribution in [2.45, 2.75) is 44.9 Å². The highest BCUT2D eigenvalue weighted by atomic mass is 79.9. The molecule has 4 amide bonds. The Morgan fingerprint density at radius 1 is 1.06 bits per heavy atom. The van der Waals surface area contributed by atoms with Gasteiger partial charge in [-0.15, -0.1) is 0 Å². The fourth-order valence-corrected chi connectivity index (χ4v) is 4.42. The summed E-state index contributed by atoms with van der Waals surface area (Å²) in [6.45, 7) is 5.33. The lowest BCUT2D eigenvalue weighted by Gasteiger charge is -2.32. The van der Waals surface area contributed by atoms with Gasteiger partial charge >= 0.3 is 6.09 Å². The van der Waals surface area contributed by atoms with Crippen molar-refractivity contribution in [2.75, 3.05) is 11.9 Å². The zero-order chi connectivity index (χ0) is 23.9. The predicted molar refractivity (Wildman–Crippen MR) is 123 cm³/mol. The fourth-order valence-electron chi connectivity index (χ4n) is 4.08. The van der Waals surface area contributed by atoms with Crippen molar-refractivity contribution in [1.29, 1.82) is 0 Å². The molecule has 0 radical (unpaired) electrons. The minimum absolute atomic E-state index is 0.150. The second-order valence-corrected chi connectivity index (χ2v) is 9.65. The highest BCUT2D eigenvalue weighted by Crippen LogP contribution is 2.33. The Kier molecular flexibility index (Phi) is 5.96. The number of aromatic nitrogens is 1. The quantitative estimate of drug-likeness (QED) is 0.496. The van der Waals surface area contributed by atoms with Gasteiger partial charge < -0.3 is 10.1 Å². The zero-order valence-electron chi connectivity index (χ0n) is 18.4. The number of carbonyl (C=O) groups excluding carboxylic acids is 4. The van der Waals surface area contributed by atoms with Crippen LogP contribution >= 0.6 is 15.9 Å². The van der Waals surface area contributed by atoms with Crippen molar-refractivity contribution in [2.24, 2.45) is 0 Å². The van der Waals surface area contributed by atoms with Gasteiger partial charge in [0.05, 0.1) is 17.2 Å². The molecule has 2 atom stereocenters. The molecule has 2 aromatic rings. The van der Waals surface area contributed by atoms with E-state index in [1.807, 2.05) is 0 Å². The van der Waals surface area contributed by atoms with Crippen molar-refractivity contribution in [1.82, 2.24) is 14.8 Å². The Labute approximate surface area is 199 Å². The average molecular weight is 515 g/mol. The van der Waals surface area contributed by atoms with Crippen molar-refractivity contribution >= 4 is 45.6 Å². The minimum atomic E-state index is -1.14. The van der Waals surface area contributed by atoms with Crippen LogP contribution in [0.15, 0.2) is 47.1 Å². The topological polar surface area (TPSA) is 109 Å². The Morgan fingerprint density at radius 3 is 2.27 bits per heavy atom. The van der Waals surface area contributed by atoms with Gasteiger partial charge in [0.25, 0.3) is 17.7 Å². The predicted octanol–water partition coefficient (Wildman–Crippen LogP) is 3.46. The second kappa shape index (κ2) is 8.58. The van der Waals surface area contributed by atoms with E-state index in [0.29, 0.717) is 4.60 Å². The number of nitrogens with one attached hydrogen (secondary N) is 1. The first kappa shape index (κ1) is 22.9. The number of ether oxygens (including phenoxy) is 1. The van der Waals surface area contributed by atoms with E-state index in [-0.39, 0.29) is 29.9 Å². The summed E-state index contributed by atoms with van der Waals surface area (Å²) in [5, 5.41) is 2.70. The molecule has 2 unspecified atom stereocenters. The van der Waals surface area contributed by atoms with Gasteiger partial charge in [-0.3, -0.25) is 24.2 Å². The smallest absolute Gasteiger partial charge is 0.411 e. The summed E-state index contributed by atoms with van der Waals surface area (Å²) >= 11 is 3.26. The number of anilines is 1. The van der Waals surface area contributed by atoms with Crippen LogP contribution in [0.1, 0.15) is 47.9 Å². The Hall–Kier alpha value is -3.27. The van der Waals surface area contributed by atoms with Crippen LogP contribution in [-0.2, 0) is 9.53 Å². The molecular weight excluding hydrogens is 492 g/mol. The number of rotatable bonds is 3. The first-order valence-corrected chi connectivity index (χ1v) is 11.3. The van der Waals surface area contributed by atoms with E-state index in [2.05, 4.69) is 26.2 Å². The average Bonchev–Trinajstić information content (AvgIpc) is 3.27. The molecule has 1 N–H and O–H groups in total. The van der Waals surface area contributed by atoms with E-state index in [9.17, 15) is 19.2 Å². The van der Waals surface area contributed by atoms with E-state index < -0.39 is 41.5 Å². The maximum absolute atomic E-state index is 13.4. The van der Waals surface area contributed by atoms with E-state index in [4.69, 9.17) is 4.74 Å². The number of hydrogen-bond acceptors (Lipinski definition) is 6. The lowest BCUT2D eigenvalue weighted by Crippen LogP contribution is -2.55. The molecule has 0 saturated carbocycles. The molecule has 4 rings (SSSR count). The second-order valence-electron chi connectivity index (χ2n) is 8.84. The Bertz CT molecular complexity index is 1110. The normalized spacial score (nSPS) is 20.1. The van der Waals surface area contributed by atoms with Crippen molar-refractivity contribution in [3.63, 3.8) is 0 Å². The van der Waals surface area contributed by atoms with Crippen molar-refractivity contribution in [3.05, 3.63) is 58.2 Å². The summed E-state index contributed by atoms with van der Waals surface area (Å²) in [5.74, 6) is -1.26. The number of benzene rings is 1. The van der Waals surface area contributed by atoms with Gasteiger partial charge in [0.1, 0.15) is 22.1 Å². The summed E-state index contributed by atoms with van der Waals surface area (Å²) in [7, 11) is 0. The van der Waals surface area contributed by atoms with E-state index in [1.54, 1.807) is 63.2 Å².